The summed E-state index contributed by atoms with van der Waals surface area (Å²) in [6.45, 7) is 1.89. The highest BCUT2D eigenvalue weighted by atomic mass is 19.2. The molecule has 9 heteroatoms. The second-order valence-corrected chi connectivity index (χ2v) is 6.50. The van der Waals surface area contributed by atoms with Crippen LogP contribution in [0.15, 0.2) is 48.5 Å². The fourth-order valence-electron chi connectivity index (χ4n) is 2.47. The summed E-state index contributed by atoms with van der Waals surface area (Å²) in [5.41, 5.74) is 2.24. The molecule has 0 unspecified atom stereocenters. The summed E-state index contributed by atoms with van der Waals surface area (Å²) in [5.74, 6) is -0.763. The number of amides is 2. The van der Waals surface area contributed by atoms with Gasteiger partial charge in [0.1, 0.15) is 5.82 Å². The molecule has 0 aliphatic rings. The van der Waals surface area contributed by atoms with Crippen LogP contribution in [0.2, 0.25) is 0 Å². The lowest BCUT2D eigenvalue weighted by atomic mass is 10.3. The van der Waals surface area contributed by atoms with Crippen molar-refractivity contribution in [3.8, 4) is 0 Å². The SMILES string of the molecule is Cc1cc(N(C)C)nc(Nc2ccc(NC(=O)Nc3ccc(F)c(F)c3)cc2)n1. The van der Waals surface area contributed by atoms with Crippen LogP contribution >= 0.6 is 0 Å². The number of halogens is 2. The number of hydrogen-bond donors (Lipinski definition) is 3. The Labute approximate surface area is 166 Å². The number of anilines is 5. The molecular weight excluding hydrogens is 378 g/mol. The molecule has 0 spiro atoms. The van der Waals surface area contributed by atoms with Crippen LogP contribution in [0, 0.1) is 18.6 Å². The Kier molecular flexibility index (Phi) is 5.87. The van der Waals surface area contributed by atoms with Crippen molar-refractivity contribution in [3.63, 3.8) is 0 Å². The molecule has 7 nitrogen and oxygen atoms in total. The van der Waals surface area contributed by atoms with Crippen LogP contribution in [0.4, 0.5) is 42.4 Å². The number of nitrogens with one attached hydrogen (secondary N) is 3. The number of rotatable bonds is 5. The molecular formula is C20H20F2N6O. The fraction of sp³-hybridized carbons (Fsp3) is 0.150. The summed E-state index contributed by atoms with van der Waals surface area (Å²) < 4.78 is 26.1. The highest BCUT2D eigenvalue weighted by molar-refractivity contribution is 5.99. The molecule has 3 aromatic rings. The molecule has 0 fully saturated rings. The van der Waals surface area contributed by atoms with Gasteiger partial charge in [-0.15, -0.1) is 0 Å². The van der Waals surface area contributed by atoms with Gasteiger partial charge in [-0.2, -0.15) is 4.98 Å². The molecule has 0 saturated heterocycles. The van der Waals surface area contributed by atoms with E-state index in [1.807, 2.05) is 32.0 Å². The Morgan fingerprint density at radius 1 is 0.862 bits per heavy atom. The maximum Gasteiger partial charge on any atom is 0.323 e. The van der Waals surface area contributed by atoms with Crippen LogP contribution in [-0.4, -0.2) is 30.1 Å². The number of benzene rings is 2. The summed E-state index contributed by atoms with van der Waals surface area (Å²) >= 11 is 0. The number of urea groups is 1. The lowest BCUT2D eigenvalue weighted by Crippen LogP contribution is -2.19. The van der Waals surface area contributed by atoms with Crippen LogP contribution < -0.4 is 20.9 Å². The van der Waals surface area contributed by atoms with Crippen LogP contribution in [0.1, 0.15) is 5.69 Å². The van der Waals surface area contributed by atoms with E-state index in [0.29, 0.717) is 11.6 Å². The van der Waals surface area contributed by atoms with Crippen LogP contribution in [0.5, 0.6) is 0 Å². The average Bonchev–Trinajstić information content (AvgIpc) is 2.66. The first-order valence-electron chi connectivity index (χ1n) is 8.73. The van der Waals surface area contributed by atoms with Gasteiger partial charge in [0.2, 0.25) is 5.95 Å². The van der Waals surface area contributed by atoms with Crippen molar-refractivity contribution in [2.45, 2.75) is 6.92 Å². The predicted octanol–water partition coefficient (Wildman–Crippen LogP) is 4.52. The Morgan fingerprint density at radius 3 is 2.14 bits per heavy atom. The van der Waals surface area contributed by atoms with E-state index in [9.17, 15) is 13.6 Å². The van der Waals surface area contributed by atoms with E-state index >= 15 is 0 Å². The first-order chi connectivity index (χ1) is 13.8. The smallest absolute Gasteiger partial charge is 0.323 e. The number of aromatic nitrogens is 2. The maximum absolute atomic E-state index is 13.2. The molecule has 0 bridgehead atoms. The van der Waals surface area contributed by atoms with Gasteiger partial charge in [0, 0.05) is 49.0 Å². The number of carbonyl (C=O) groups excluding carboxylic acids is 1. The summed E-state index contributed by atoms with van der Waals surface area (Å²) in [7, 11) is 3.80. The molecule has 3 N–H and O–H groups in total. The number of hydrogen-bond acceptors (Lipinski definition) is 5. The summed E-state index contributed by atoms with van der Waals surface area (Å²) in [4.78, 5) is 22.7. The third kappa shape index (κ3) is 5.38. The molecule has 0 saturated carbocycles. The van der Waals surface area contributed by atoms with Crippen molar-refractivity contribution in [1.82, 2.24) is 9.97 Å². The minimum Gasteiger partial charge on any atom is -0.363 e. The van der Waals surface area contributed by atoms with Crippen molar-refractivity contribution < 1.29 is 13.6 Å². The Balaban J connectivity index is 1.62. The van der Waals surface area contributed by atoms with Crippen LogP contribution in [0.3, 0.4) is 0 Å². The quantitative estimate of drug-likeness (QED) is 0.589. The van der Waals surface area contributed by atoms with Gasteiger partial charge >= 0.3 is 6.03 Å². The molecule has 0 radical (unpaired) electrons. The molecule has 0 aliphatic carbocycles. The van der Waals surface area contributed by atoms with E-state index < -0.39 is 17.7 Å². The Hall–Kier alpha value is -3.75. The first-order valence-corrected chi connectivity index (χ1v) is 8.73. The van der Waals surface area contributed by atoms with E-state index in [0.717, 1.165) is 29.3 Å². The van der Waals surface area contributed by atoms with Gasteiger partial charge < -0.3 is 20.9 Å². The summed E-state index contributed by atoms with van der Waals surface area (Å²) in [6, 6.07) is 11.3. The van der Waals surface area contributed by atoms with Gasteiger partial charge in [-0.25, -0.2) is 18.6 Å². The van der Waals surface area contributed by atoms with Crippen LogP contribution in [-0.2, 0) is 0 Å². The van der Waals surface area contributed by atoms with Crippen LogP contribution in [0.25, 0.3) is 0 Å². The third-order valence-electron chi connectivity index (χ3n) is 3.88. The minimum atomic E-state index is -1.03. The van der Waals surface area contributed by atoms with Gasteiger partial charge in [-0.1, -0.05) is 0 Å². The van der Waals surface area contributed by atoms with Gasteiger partial charge in [0.25, 0.3) is 0 Å². The molecule has 1 heterocycles. The first kappa shape index (κ1) is 20.0. The standard InChI is InChI=1S/C20H20F2N6O/c1-12-10-18(28(2)3)27-19(23-12)24-13-4-6-14(7-5-13)25-20(29)26-15-8-9-16(21)17(22)11-15/h4-11H,1-3H3,(H,23,24,27)(H2,25,26,29). The second kappa shape index (κ2) is 8.51. The molecule has 1 aromatic heterocycles. The highest BCUT2D eigenvalue weighted by Crippen LogP contribution is 2.20. The zero-order chi connectivity index (χ0) is 21.0. The molecule has 2 amide bonds. The van der Waals surface area contributed by atoms with Gasteiger partial charge in [0.15, 0.2) is 11.6 Å². The molecule has 150 valence electrons. The van der Waals surface area contributed by atoms with Gasteiger partial charge in [0.05, 0.1) is 0 Å². The van der Waals surface area contributed by atoms with Crippen molar-refractivity contribution in [1.29, 1.82) is 0 Å². The molecule has 29 heavy (non-hydrogen) atoms. The Morgan fingerprint density at radius 2 is 1.48 bits per heavy atom. The van der Waals surface area contributed by atoms with E-state index in [4.69, 9.17) is 0 Å². The lowest BCUT2D eigenvalue weighted by Gasteiger charge is -2.14. The van der Waals surface area contributed by atoms with E-state index in [2.05, 4.69) is 25.9 Å². The maximum atomic E-state index is 13.2. The molecule has 0 atom stereocenters. The summed E-state index contributed by atoms with van der Waals surface area (Å²) in [6.07, 6.45) is 0. The topological polar surface area (TPSA) is 82.2 Å². The van der Waals surface area contributed by atoms with Gasteiger partial charge in [-0.05, 0) is 43.3 Å². The second-order valence-electron chi connectivity index (χ2n) is 6.50. The van der Waals surface area contributed by atoms with E-state index in [-0.39, 0.29) is 5.69 Å². The summed E-state index contributed by atoms with van der Waals surface area (Å²) in [5, 5.41) is 8.17. The molecule has 0 aliphatic heterocycles. The van der Waals surface area contributed by atoms with Crippen molar-refractivity contribution >= 4 is 34.9 Å². The van der Waals surface area contributed by atoms with E-state index in [1.54, 1.807) is 24.3 Å². The third-order valence-corrected chi connectivity index (χ3v) is 3.88. The normalized spacial score (nSPS) is 10.4. The van der Waals surface area contributed by atoms with Gasteiger partial charge in [-0.3, -0.25) is 0 Å². The zero-order valence-corrected chi connectivity index (χ0v) is 16.1. The predicted molar refractivity (Wildman–Crippen MR) is 110 cm³/mol. The number of carbonyl (C=O) groups is 1. The van der Waals surface area contributed by atoms with E-state index in [1.165, 1.54) is 6.07 Å². The fourth-order valence-corrected chi connectivity index (χ4v) is 2.47. The van der Waals surface area contributed by atoms with Crippen molar-refractivity contribution in [2.75, 3.05) is 34.9 Å². The zero-order valence-electron chi connectivity index (χ0n) is 16.1. The monoisotopic (exact) mass is 398 g/mol. The number of aryl methyl sites for hydroxylation is 1. The Bertz CT molecular complexity index is 1020. The largest absolute Gasteiger partial charge is 0.363 e. The number of nitrogens with zero attached hydrogens (tertiary/aromatic N) is 3. The highest BCUT2D eigenvalue weighted by Gasteiger charge is 2.08. The minimum absolute atomic E-state index is 0.146. The molecule has 3 rings (SSSR count). The molecule has 2 aromatic carbocycles. The average molecular weight is 398 g/mol. The lowest BCUT2D eigenvalue weighted by molar-refractivity contribution is 0.262. The van der Waals surface area contributed by atoms with Crippen molar-refractivity contribution in [2.24, 2.45) is 0 Å². The van der Waals surface area contributed by atoms with Crippen molar-refractivity contribution in [3.05, 3.63) is 65.9 Å².